The largest absolute Gasteiger partial charge is 0.495 e. The highest BCUT2D eigenvalue weighted by molar-refractivity contribution is 5.94. The van der Waals surface area contributed by atoms with Gasteiger partial charge in [-0.2, -0.15) is 0 Å². The van der Waals surface area contributed by atoms with Crippen LogP contribution in [0.15, 0.2) is 29.2 Å². The number of aliphatic hydroxyl groups is 1. The minimum Gasteiger partial charge on any atom is -0.495 e. The summed E-state index contributed by atoms with van der Waals surface area (Å²) in [4.78, 5) is 23.5. The van der Waals surface area contributed by atoms with Crippen LogP contribution in [0.25, 0.3) is 10.9 Å². The average molecular weight is 291 g/mol. The van der Waals surface area contributed by atoms with Gasteiger partial charge < -0.3 is 19.5 Å². The molecule has 0 spiro atoms. The Morgan fingerprint density at radius 2 is 2.14 bits per heavy atom. The summed E-state index contributed by atoms with van der Waals surface area (Å²) in [6.45, 7) is 1.71. The number of fused-ring (bicyclic) bond motifs is 1. The Kier molecular flexibility index (Phi) is 4.28. The molecule has 0 radical (unpaired) electrons. The van der Waals surface area contributed by atoms with E-state index in [4.69, 9.17) is 4.74 Å². The van der Waals surface area contributed by atoms with Crippen molar-refractivity contribution in [2.24, 2.45) is 0 Å². The molecule has 1 unspecified atom stereocenters. The molecular weight excluding hydrogens is 274 g/mol. The molecule has 1 heterocycles. The summed E-state index contributed by atoms with van der Waals surface area (Å²) in [6.07, 6.45) is 1.87. The Bertz CT molecular complexity index is 731. The number of pyridine rings is 1. The number of ether oxygens (including phenoxy) is 1. The lowest BCUT2D eigenvalue weighted by Crippen LogP contribution is -2.22. The monoisotopic (exact) mass is 291 g/mol. The van der Waals surface area contributed by atoms with Crippen molar-refractivity contribution in [3.8, 4) is 5.75 Å². The first kappa shape index (κ1) is 15.1. The molecule has 1 atom stereocenters. The van der Waals surface area contributed by atoms with Gasteiger partial charge in [-0.3, -0.25) is 4.79 Å². The molecule has 0 bridgehead atoms. The van der Waals surface area contributed by atoms with Crippen molar-refractivity contribution in [2.75, 3.05) is 13.7 Å². The highest BCUT2D eigenvalue weighted by atomic mass is 16.5. The molecule has 0 fully saturated rings. The Balaban J connectivity index is 2.95. The summed E-state index contributed by atoms with van der Waals surface area (Å²) in [5.74, 6) is -0.820. The maximum absolute atomic E-state index is 12.3. The minimum absolute atomic E-state index is 0.161. The third kappa shape index (κ3) is 2.50. The number of hydrogen-bond acceptors (Lipinski definition) is 4. The van der Waals surface area contributed by atoms with Gasteiger partial charge in [0.05, 0.1) is 30.7 Å². The molecule has 6 nitrogen and oxygen atoms in total. The standard InChI is InChI=1S/C15H17NO5/c1-3-9(8-17)16-7-11(15(19)20)14(18)10-5-4-6-12(21-2)13(10)16/h4-7,9,17H,3,8H2,1-2H3,(H,19,20). The number of hydrogen-bond donors (Lipinski definition) is 2. The van der Waals surface area contributed by atoms with Crippen molar-refractivity contribution >= 4 is 16.9 Å². The molecule has 2 rings (SSSR count). The normalized spacial score (nSPS) is 12.3. The molecule has 0 saturated heterocycles. The number of carbonyl (C=O) groups is 1. The van der Waals surface area contributed by atoms with Gasteiger partial charge in [0.1, 0.15) is 11.3 Å². The smallest absolute Gasteiger partial charge is 0.341 e. The molecule has 6 heteroatoms. The summed E-state index contributed by atoms with van der Waals surface area (Å²) in [5.41, 5.74) is -0.376. The summed E-state index contributed by atoms with van der Waals surface area (Å²) < 4.78 is 6.88. The number of carboxylic acid groups (broad SMARTS) is 1. The van der Waals surface area contributed by atoms with Gasteiger partial charge in [0.25, 0.3) is 0 Å². The van der Waals surface area contributed by atoms with Gasteiger partial charge >= 0.3 is 5.97 Å². The number of carboxylic acids is 1. The van der Waals surface area contributed by atoms with Crippen LogP contribution in [0.5, 0.6) is 5.75 Å². The van der Waals surface area contributed by atoms with Crippen LogP contribution >= 0.6 is 0 Å². The van der Waals surface area contributed by atoms with E-state index < -0.39 is 11.4 Å². The van der Waals surface area contributed by atoms with E-state index in [0.29, 0.717) is 17.7 Å². The fraction of sp³-hybridized carbons (Fsp3) is 0.333. The van der Waals surface area contributed by atoms with Crippen molar-refractivity contribution in [1.29, 1.82) is 0 Å². The fourth-order valence-corrected chi connectivity index (χ4v) is 2.40. The molecule has 0 aliphatic rings. The maximum Gasteiger partial charge on any atom is 0.341 e. The van der Waals surface area contributed by atoms with Gasteiger partial charge in [0.15, 0.2) is 0 Å². The van der Waals surface area contributed by atoms with Crippen molar-refractivity contribution in [2.45, 2.75) is 19.4 Å². The molecule has 2 N–H and O–H groups in total. The number of rotatable bonds is 5. The fourth-order valence-electron chi connectivity index (χ4n) is 2.40. The first-order valence-electron chi connectivity index (χ1n) is 6.61. The highest BCUT2D eigenvalue weighted by Gasteiger charge is 2.20. The van der Waals surface area contributed by atoms with Gasteiger partial charge in [-0.25, -0.2) is 4.79 Å². The predicted molar refractivity (Wildman–Crippen MR) is 78.1 cm³/mol. The van der Waals surface area contributed by atoms with Crippen LogP contribution in [0.2, 0.25) is 0 Å². The van der Waals surface area contributed by atoms with E-state index in [1.54, 1.807) is 22.8 Å². The lowest BCUT2D eigenvalue weighted by atomic mass is 10.1. The number of aliphatic hydroxyl groups excluding tert-OH is 1. The molecule has 2 aromatic rings. The van der Waals surface area contributed by atoms with Gasteiger partial charge in [0, 0.05) is 6.20 Å². The number of benzene rings is 1. The SMILES string of the molecule is CCC(CO)n1cc(C(=O)O)c(=O)c2cccc(OC)c21. The summed E-state index contributed by atoms with van der Waals surface area (Å²) in [7, 11) is 1.48. The van der Waals surface area contributed by atoms with Gasteiger partial charge in [-0.15, -0.1) is 0 Å². The topological polar surface area (TPSA) is 88.8 Å². The second kappa shape index (κ2) is 5.97. The summed E-state index contributed by atoms with van der Waals surface area (Å²) in [5, 5.41) is 19.0. The van der Waals surface area contributed by atoms with Gasteiger partial charge in [-0.1, -0.05) is 13.0 Å². The van der Waals surface area contributed by atoms with E-state index in [-0.39, 0.29) is 23.6 Å². The highest BCUT2D eigenvalue weighted by Crippen LogP contribution is 2.27. The molecular formula is C15H17NO5. The summed E-state index contributed by atoms with van der Waals surface area (Å²) >= 11 is 0. The number of nitrogens with zero attached hydrogens (tertiary/aromatic N) is 1. The lowest BCUT2D eigenvalue weighted by Gasteiger charge is -2.21. The van der Waals surface area contributed by atoms with Crippen LogP contribution in [0.3, 0.4) is 0 Å². The van der Waals surface area contributed by atoms with Crippen LogP contribution in [0.1, 0.15) is 29.7 Å². The number of methoxy groups -OCH3 is 1. The molecule has 0 amide bonds. The van der Waals surface area contributed by atoms with Crippen molar-refractivity contribution in [3.05, 3.63) is 40.2 Å². The Morgan fingerprint density at radius 3 is 2.67 bits per heavy atom. The third-order valence-electron chi connectivity index (χ3n) is 3.54. The number of para-hydroxylation sites is 1. The first-order chi connectivity index (χ1) is 10.0. The predicted octanol–water partition coefficient (Wildman–Crippen LogP) is 1.65. The first-order valence-corrected chi connectivity index (χ1v) is 6.61. The molecule has 0 aliphatic heterocycles. The van der Waals surface area contributed by atoms with E-state index >= 15 is 0 Å². The Morgan fingerprint density at radius 1 is 1.43 bits per heavy atom. The zero-order valence-corrected chi connectivity index (χ0v) is 11.9. The number of aromatic nitrogens is 1. The molecule has 0 saturated carbocycles. The molecule has 112 valence electrons. The second-order valence-corrected chi connectivity index (χ2v) is 4.69. The van der Waals surface area contributed by atoms with Crippen molar-refractivity contribution < 1.29 is 19.7 Å². The van der Waals surface area contributed by atoms with E-state index in [1.165, 1.54) is 13.3 Å². The lowest BCUT2D eigenvalue weighted by molar-refractivity contribution is 0.0694. The van der Waals surface area contributed by atoms with E-state index in [0.717, 1.165) is 0 Å². The second-order valence-electron chi connectivity index (χ2n) is 4.69. The Labute approximate surface area is 121 Å². The Hall–Kier alpha value is -2.34. The van der Waals surface area contributed by atoms with Crippen LogP contribution in [-0.2, 0) is 0 Å². The van der Waals surface area contributed by atoms with Crippen molar-refractivity contribution in [3.63, 3.8) is 0 Å². The average Bonchev–Trinajstić information content (AvgIpc) is 2.49. The zero-order valence-electron chi connectivity index (χ0n) is 11.9. The van der Waals surface area contributed by atoms with Crippen LogP contribution in [0, 0.1) is 0 Å². The van der Waals surface area contributed by atoms with E-state index in [9.17, 15) is 19.8 Å². The zero-order chi connectivity index (χ0) is 15.6. The summed E-state index contributed by atoms with van der Waals surface area (Å²) in [6, 6.07) is 4.57. The maximum atomic E-state index is 12.3. The molecule has 0 aliphatic carbocycles. The third-order valence-corrected chi connectivity index (χ3v) is 3.54. The molecule has 21 heavy (non-hydrogen) atoms. The molecule has 1 aromatic carbocycles. The van der Waals surface area contributed by atoms with Gasteiger partial charge in [-0.05, 0) is 18.6 Å². The van der Waals surface area contributed by atoms with Crippen molar-refractivity contribution in [1.82, 2.24) is 4.57 Å². The minimum atomic E-state index is -1.29. The van der Waals surface area contributed by atoms with Gasteiger partial charge in [0.2, 0.25) is 5.43 Å². The van der Waals surface area contributed by atoms with Crippen LogP contribution in [0.4, 0.5) is 0 Å². The number of aromatic carboxylic acids is 1. The van der Waals surface area contributed by atoms with E-state index in [1.807, 2.05) is 6.92 Å². The molecule has 1 aromatic heterocycles. The van der Waals surface area contributed by atoms with Crippen LogP contribution < -0.4 is 10.2 Å². The van der Waals surface area contributed by atoms with Crippen LogP contribution in [-0.4, -0.2) is 34.5 Å². The van der Waals surface area contributed by atoms with E-state index in [2.05, 4.69) is 0 Å². The quantitative estimate of drug-likeness (QED) is 0.874.